The third-order valence-corrected chi connectivity index (χ3v) is 7.81. The number of aromatic nitrogens is 2. The van der Waals surface area contributed by atoms with Crippen LogP contribution in [0.25, 0.3) is 11.3 Å². The number of aliphatic hydroxyl groups excluding tert-OH is 2. The number of carbonyl (C=O) groups excluding carboxylic acids is 3. The maximum absolute atomic E-state index is 14.8. The molecule has 1 heterocycles. The number of imidazole rings is 1. The topological polar surface area (TPSA) is 167 Å². The second-order valence-corrected chi connectivity index (χ2v) is 15.2. The number of hydrogen-bond acceptors (Lipinski definition) is 8. The first-order valence-corrected chi connectivity index (χ1v) is 17.9. The number of carbonyl (C=O) groups is 3. The van der Waals surface area contributed by atoms with Gasteiger partial charge in [-0.2, -0.15) is 0 Å². The summed E-state index contributed by atoms with van der Waals surface area (Å²) in [7, 11) is 0. The zero-order valence-corrected chi connectivity index (χ0v) is 32.4. The van der Waals surface area contributed by atoms with Gasteiger partial charge in [-0.1, -0.05) is 65.0 Å². The molecule has 0 aliphatic rings. The van der Waals surface area contributed by atoms with E-state index in [9.17, 15) is 23.2 Å². The van der Waals surface area contributed by atoms with Gasteiger partial charge in [-0.3, -0.25) is 9.59 Å². The first kappa shape index (κ1) is 44.8. The monoisotopic (exact) mass is 744 g/mol. The Kier molecular flexibility index (Phi) is 17.5. The van der Waals surface area contributed by atoms with Crippen molar-refractivity contribution in [2.45, 2.75) is 99.0 Å². The van der Waals surface area contributed by atoms with Gasteiger partial charge >= 0.3 is 6.09 Å². The predicted molar refractivity (Wildman–Crippen MR) is 201 cm³/mol. The van der Waals surface area contributed by atoms with Crippen LogP contribution in [-0.4, -0.2) is 81.7 Å². The number of amides is 3. The van der Waals surface area contributed by atoms with Gasteiger partial charge in [-0.15, -0.1) is 0 Å². The van der Waals surface area contributed by atoms with Crippen molar-refractivity contribution >= 4 is 17.9 Å². The molecule has 3 atom stereocenters. The van der Waals surface area contributed by atoms with Crippen LogP contribution in [0.5, 0.6) is 0 Å². The fourth-order valence-corrected chi connectivity index (χ4v) is 5.21. The molecule has 12 nitrogen and oxygen atoms in total. The van der Waals surface area contributed by atoms with Crippen LogP contribution in [0, 0.1) is 23.0 Å². The van der Waals surface area contributed by atoms with Crippen LogP contribution < -0.4 is 21.3 Å². The molecule has 0 saturated carbocycles. The summed E-state index contributed by atoms with van der Waals surface area (Å²) >= 11 is 0. The fraction of sp³-hybridized carbons (Fsp3) is 0.538. The molecule has 294 valence electrons. The minimum atomic E-state index is -0.879. The second kappa shape index (κ2) is 20.7. The smallest absolute Gasteiger partial charge is 0.408 e. The van der Waals surface area contributed by atoms with Gasteiger partial charge in [-0.05, 0) is 75.8 Å². The van der Waals surface area contributed by atoms with Gasteiger partial charge in [0.15, 0.2) is 0 Å². The first-order valence-electron chi connectivity index (χ1n) is 17.9. The average molecular weight is 745 g/mol. The molecule has 14 heteroatoms. The third-order valence-electron chi connectivity index (χ3n) is 7.81. The summed E-state index contributed by atoms with van der Waals surface area (Å²) in [6, 6.07) is 11.2. The van der Waals surface area contributed by atoms with Crippen molar-refractivity contribution in [2.24, 2.45) is 11.3 Å². The molecule has 2 aromatic carbocycles. The van der Waals surface area contributed by atoms with Crippen molar-refractivity contribution in [3.63, 3.8) is 0 Å². The van der Waals surface area contributed by atoms with Crippen molar-refractivity contribution in [1.29, 1.82) is 0 Å². The fourth-order valence-electron chi connectivity index (χ4n) is 5.21. The Morgan fingerprint density at radius 2 is 1.53 bits per heavy atom. The van der Waals surface area contributed by atoms with Gasteiger partial charge in [0.1, 0.15) is 35.1 Å². The lowest BCUT2D eigenvalue weighted by molar-refractivity contribution is -0.130. The van der Waals surface area contributed by atoms with Gasteiger partial charge in [0, 0.05) is 24.8 Å². The lowest BCUT2D eigenvalue weighted by Crippen LogP contribution is -2.55. The summed E-state index contributed by atoms with van der Waals surface area (Å²) in [6.07, 6.45) is 1.61. The van der Waals surface area contributed by atoms with Crippen LogP contribution in [0.2, 0.25) is 0 Å². The summed E-state index contributed by atoms with van der Waals surface area (Å²) in [5, 5.41) is 26.9. The molecule has 0 unspecified atom stereocenters. The maximum atomic E-state index is 14.8. The van der Waals surface area contributed by atoms with Crippen LogP contribution in [0.3, 0.4) is 0 Å². The molecule has 0 bridgehead atoms. The molecule has 0 fully saturated rings. The van der Waals surface area contributed by atoms with Crippen molar-refractivity contribution < 1.29 is 38.1 Å². The van der Waals surface area contributed by atoms with Gasteiger partial charge < -0.3 is 40.8 Å². The summed E-state index contributed by atoms with van der Waals surface area (Å²) in [5.41, 5.74) is 0.420. The minimum absolute atomic E-state index is 0.0879. The van der Waals surface area contributed by atoms with E-state index in [1.165, 1.54) is 0 Å². The van der Waals surface area contributed by atoms with Gasteiger partial charge in [0.05, 0.1) is 24.9 Å². The van der Waals surface area contributed by atoms with E-state index in [1.54, 1.807) is 47.7 Å². The number of aliphatic hydroxyl groups is 2. The van der Waals surface area contributed by atoms with E-state index < -0.39 is 41.3 Å². The van der Waals surface area contributed by atoms with Crippen LogP contribution >= 0.6 is 0 Å². The largest absolute Gasteiger partial charge is 0.444 e. The van der Waals surface area contributed by atoms with E-state index in [-0.39, 0.29) is 42.1 Å². The lowest BCUT2D eigenvalue weighted by atomic mass is 9.86. The zero-order valence-electron chi connectivity index (χ0n) is 32.4. The third kappa shape index (κ3) is 15.2. The Balaban J connectivity index is 0.00000231. The molecular formula is C39H58F2N6O6. The predicted octanol–water partition coefficient (Wildman–Crippen LogP) is 5.08. The lowest BCUT2D eigenvalue weighted by Gasteiger charge is -2.32. The number of hydrogen-bond donors (Lipinski definition) is 6. The highest BCUT2D eigenvalue weighted by Gasteiger charge is 2.32. The van der Waals surface area contributed by atoms with E-state index in [0.29, 0.717) is 37.6 Å². The quantitative estimate of drug-likeness (QED) is 0.117. The number of benzene rings is 2. The molecule has 3 amide bonds. The van der Waals surface area contributed by atoms with Gasteiger partial charge in [0.2, 0.25) is 11.8 Å². The Labute approximate surface area is 312 Å². The molecule has 0 radical (unpaired) electrons. The van der Waals surface area contributed by atoms with Crippen molar-refractivity contribution in [2.75, 3.05) is 26.3 Å². The normalized spacial score (nSPS) is 13.3. The average Bonchev–Trinajstić information content (AvgIpc) is 3.47. The van der Waals surface area contributed by atoms with E-state index in [2.05, 4.69) is 42.0 Å². The zero-order chi connectivity index (χ0) is 39.9. The molecular weight excluding hydrogens is 686 g/mol. The van der Waals surface area contributed by atoms with Crippen molar-refractivity contribution in [3.05, 3.63) is 77.8 Å². The number of ether oxygens (including phenoxy) is 1. The van der Waals surface area contributed by atoms with Crippen LogP contribution in [-0.2, 0) is 20.9 Å². The molecule has 3 aromatic rings. The van der Waals surface area contributed by atoms with Gasteiger partial charge in [0.25, 0.3) is 0 Å². The number of nitrogens with zero attached hydrogens (tertiary/aromatic N) is 2. The molecule has 0 aliphatic heterocycles. The van der Waals surface area contributed by atoms with Gasteiger partial charge in [-0.25, -0.2) is 18.6 Å². The minimum Gasteiger partial charge on any atom is -0.444 e. The van der Waals surface area contributed by atoms with Crippen LogP contribution in [0.4, 0.5) is 13.6 Å². The molecule has 53 heavy (non-hydrogen) atoms. The SMILES string of the molecule is CC(C)[C@H](NC(=O)OC(C)(C)C)C(=O)N[C@@H](C)C(=O)NCCCN[C@@H](c1nc(-c2cc(F)ccc2F)cn1Cc1ccccc1)C(C)(C)C.OCCO. The van der Waals surface area contributed by atoms with Crippen molar-refractivity contribution in [1.82, 2.24) is 30.8 Å². The van der Waals surface area contributed by atoms with Crippen LogP contribution in [0.1, 0.15) is 86.2 Å². The Hall–Kier alpha value is -4.40. The Morgan fingerprint density at radius 1 is 0.887 bits per heavy atom. The number of alkyl carbamates (subject to hydrolysis) is 1. The summed E-state index contributed by atoms with van der Waals surface area (Å²) in [4.78, 5) is 42.9. The second-order valence-electron chi connectivity index (χ2n) is 15.2. The van der Waals surface area contributed by atoms with Crippen LogP contribution in [0.15, 0.2) is 54.7 Å². The molecule has 0 spiro atoms. The summed E-state index contributed by atoms with van der Waals surface area (Å²) in [6.45, 7) is 17.7. The number of nitrogens with one attached hydrogen (secondary N) is 4. The Bertz CT molecular complexity index is 1600. The summed E-state index contributed by atoms with van der Waals surface area (Å²) in [5.74, 6) is -1.51. The van der Waals surface area contributed by atoms with E-state index >= 15 is 0 Å². The number of rotatable bonds is 15. The molecule has 1 aromatic heterocycles. The van der Waals surface area contributed by atoms with E-state index in [0.717, 1.165) is 23.8 Å². The number of halogens is 2. The highest BCUT2D eigenvalue weighted by molar-refractivity contribution is 5.91. The Morgan fingerprint density at radius 3 is 2.09 bits per heavy atom. The molecule has 3 rings (SSSR count). The van der Waals surface area contributed by atoms with E-state index in [1.807, 2.05) is 34.9 Å². The van der Waals surface area contributed by atoms with Crippen molar-refractivity contribution in [3.8, 4) is 11.3 Å². The first-order chi connectivity index (χ1) is 24.8. The molecule has 6 N–H and O–H groups in total. The van der Waals surface area contributed by atoms with E-state index in [4.69, 9.17) is 19.9 Å². The standard InChI is InChI=1S/C37H52F2N6O4.C2H6O2/c1-23(2)30(44-35(48)49-37(7,8)9)34(47)42-24(3)33(46)41-19-13-18-40-31(36(4,5)6)32-43-29(27-20-26(38)16-17-28(27)39)22-45(32)21-25-14-11-10-12-15-25;3-1-2-4/h10-12,14-17,20,22-24,30-31,40H,13,18-19,21H2,1-9H3,(H,41,46)(H,42,47)(H,44,48);3-4H,1-2H2/t24-,30-,31-;/m0./s1. The molecule has 0 saturated heterocycles. The summed E-state index contributed by atoms with van der Waals surface area (Å²) < 4.78 is 36.2. The molecule has 0 aliphatic carbocycles. The highest BCUT2D eigenvalue weighted by Crippen LogP contribution is 2.35. The maximum Gasteiger partial charge on any atom is 0.408 e. The highest BCUT2D eigenvalue weighted by atomic mass is 19.1.